The zero-order valence-electron chi connectivity index (χ0n) is 37.8. The number of aromatic hydroxyl groups is 1. The Morgan fingerprint density at radius 2 is 1.67 bits per heavy atom. The van der Waals surface area contributed by atoms with Crippen LogP contribution in [0.15, 0.2) is 101 Å². The lowest BCUT2D eigenvalue weighted by molar-refractivity contribution is -0.142. The molecule has 3 aromatic rings. The van der Waals surface area contributed by atoms with E-state index in [1.807, 2.05) is 0 Å². The number of carbonyl (C=O) groups excluding carboxylic acids is 4. The lowest BCUT2D eigenvalue weighted by atomic mass is 9.74. The molecule has 1 saturated heterocycles. The minimum atomic E-state index is -4.06. The molecule has 3 aromatic carbocycles. The molecule has 5 unspecified atom stereocenters. The monoisotopic (exact) mass is 1000 g/mol. The maximum Gasteiger partial charge on any atom is 0.336 e. The van der Waals surface area contributed by atoms with Crippen LogP contribution in [0.1, 0.15) is 78.8 Å². The van der Waals surface area contributed by atoms with Gasteiger partial charge >= 0.3 is 11.9 Å². The van der Waals surface area contributed by atoms with Gasteiger partial charge in [0, 0.05) is 67.8 Å². The van der Waals surface area contributed by atoms with Crippen molar-refractivity contribution in [2.45, 2.75) is 80.3 Å². The summed E-state index contributed by atoms with van der Waals surface area (Å²) in [7, 11) is -4.06. The summed E-state index contributed by atoms with van der Waals surface area (Å²) in [5.41, 5.74) is 12.1. The van der Waals surface area contributed by atoms with Crippen LogP contribution in [0, 0.1) is 5.92 Å². The zero-order valence-corrected chi connectivity index (χ0v) is 39.5. The van der Waals surface area contributed by atoms with Crippen LogP contribution >= 0.6 is 12.2 Å². The molecule has 70 heavy (non-hydrogen) atoms. The highest BCUT2D eigenvalue weighted by Gasteiger charge is 2.41. The Kier molecular flexibility index (Phi) is 17.7. The van der Waals surface area contributed by atoms with Gasteiger partial charge < -0.3 is 58.1 Å². The summed E-state index contributed by atoms with van der Waals surface area (Å²) in [6.07, 6.45) is 6.80. The first-order valence-corrected chi connectivity index (χ1v) is 24.4. The van der Waals surface area contributed by atoms with E-state index in [1.165, 1.54) is 42.5 Å². The number of unbranched alkanes of at least 4 members (excludes halogenated alkanes) is 2. The van der Waals surface area contributed by atoms with E-state index in [1.54, 1.807) is 42.5 Å². The van der Waals surface area contributed by atoms with Crippen LogP contribution in [0.5, 0.6) is 11.5 Å². The van der Waals surface area contributed by atoms with Crippen molar-refractivity contribution in [2.75, 3.05) is 31.5 Å². The van der Waals surface area contributed by atoms with Crippen LogP contribution in [-0.2, 0) is 34.0 Å². The minimum Gasteiger partial charge on any atom is -0.508 e. The third-order valence-electron chi connectivity index (χ3n) is 11.8. The fourth-order valence-electron chi connectivity index (χ4n) is 8.39. The highest BCUT2D eigenvalue weighted by atomic mass is 32.2. The number of guanidine groups is 1. The molecule has 0 spiro atoms. The summed E-state index contributed by atoms with van der Waals surface area (Å²) < 4.78 is 33.7. The van der Waals surface area contributed by atoms with E-state index in [4.69, 9.17) is 28.4 Å². The number of carboxylic acids is 2. The van der Waals surface area contributed by atoms with Crippen LogP contribution in [0.3, 0.4) is 0 Å². The molecular weight excluding hydrogens is 947 g/mol. The average Bonchev–Trinajstić information content (AvgIpc) is 3.83. The predicted molar refractivity (Wildman–Crippen MR) is 260 cm³/mol. The third kappa shape index (κ3) is 13.4. The summed E-state index contributed by atoms with van der Waals surface area (Å²) in [6, 6.07) is 13.0. The molecule has 372 valence electrons. The van der Waals surface area contributed by atoms with Crippen molar-refractivity contribution in [1.82, 2.24) is 25.6 Å². The van der Waals surface area contributed by atoms with Gasteiger partial charge in [0.15, 0.2) is 16.9 Å². The Labute approximate surface area is 408 Å². The second-order valence-electron chi connectivity index (χ2n) is 16.7. The molecule has 21 nitrogen and oxygen atoms in total. The number of aliphatic carboxylic acids is 1. The summed E-state index contributed by atoms with van der Waals surface area (Å²) in [5.74, 6) is -5.56. The first kappa shape index (κ1) is 52.0. The summed E-state index contributed by atoms with van der Waals surface area (Å²) >= 11 is 5.51. The summed E-state index contributed by atoms with van der Waals surface area (Å²) in [5, 5.41) is 44.3. The smallest absolute Gasteiger partial charge is 0.336 e. The Morgan fingerprint density at radius 3 is 2.40 bits per heavy atom. The van der Waals surface area contributed by atoms with Crippen LogP contribution in [-0.4, -0.2) is 119 Å². The lowest BCUT2D eigenvalue weighted by Gasteiger charge is -2.35. The van der Waals surface area contributed by atoms with Gasteiger partial charge in [-0.3, -0.25) is 24.2 Å². The van der Waals surface area contributed by atoms with Gasteiger partial charge in [0.2, 0.25) is 27.7 Å². The Bertz CT molecular complexity index is 2690. The fourth-order valence-corrected chi connectivity index (χ4v) is 10.3. The number of phenolic OH excluding ortho intramolecular Hbond substituents is 1. The third-order valence-corrected chi connectivity index (χ3v) is 14.0. The zero-order chi connectivity index (χ0) is 50.5. The van der Waals surface area contributed by atoms with Crippen molar-refractivity contribution >= 4 is 74.4 Å². The number of hydrogen-bond donors (Lipinski definition) is 10. The van der Waals surface area contributed by atoms with E-state index in [-0.39, 0.29) is 58.9 Å². The minimum absolute atomic E-state index is 0.00968. The molecular formula is C47H55N9O12S2. The number of nitrogens with zero attached hydrogens (tertiary/aromatic N) is 2. The Hall–Kier alpha value is -7.37. The molecule has 0 radical (unpaired) electrons. The van der Waals surface area contributed by atoms with E-state index >= 15 is 0 Å². The largest absolute Gasteiger partial charge is 0.508 e. The molecule has 1 fully saturated rings. The number of amides is 3. The first-order valence-electron chi connectivity index (χ1n) is 22.5. The quantitative estimate of drug-likeness (QED) is 0.0298. The number of hydrogen-bond acceptors (Lipinski definition) is 12. The molecule has 2 heterocycles. The normalized spacial score (nSPS) is 18.1. The lowest BCUT2D eigenvalue weighted by Crippen LogP contribution is -2.55. The predicted octanol–water partition coefficient (Wildman–Crippen LogP) is 2.18. The summed E-state index contributed by atoms with van der Waals surface area (Å²) in [6.45, 7) is 0.0809. The molecule has 0 saturated carbocycles. The van der Waals surface area contributed by atoms with E-state index in [2.05, 4.69) is 31.6 Å². The number of ether oxygens (including phenoxy) is 1. The highest BCUT2D eigenvalue weighted by Crippen LogP contribution is 2.49. The number of nitrogens with two attached hydrogens (primary N) is 2. The standard InChI is InChI=1S/C47H55N9O12S2/c48-46(49)50-20-7-5-13-40(59)54-35(42(60)52-26-36(45(64)65)55-43(61)37-12-8-22-56(37)70(66,67)30-9-2-1-3-10-30)11-4-6-21-51-47(69)53-27-14-17-31(34(23-27)44(62)63)41-32-18-15-28(57)24-38(32)68-39-25-29(58)16-19-33(39)41/h1-3,9-10,14-19,23-25,32,35-37,41,58H,4-8,11-13,20-22,26H2,(H,52,60)(H,54,59)(H,55,61)(H,62,63)(H,64,65)(H4,48,49,50)(H2,51,53,69). The molecule has 23 heteroatoms. The number of benzene rings is 3. The molecule has 12 N–H and O–H groups in total. The number of nitrogens with one attached hydrogen (secondary N) is 5. The van der Waals surface area contributed by atoms with Crippen molar-refractivity contribution < 1.29 is 57.2 Å². The fraction of sp³-hybridized carbons (Fsp3) is 0.362. The first-order chi connectivity index (χ1) is 33.4. The van der Waals surface area contributed by atoms with E-state index in [0.717, 1.165) is 4.31 Å². The van der Waals surface area contributed by atoms with Crippen LogP contribution in [0.4, 0.5) is 5.69 Å². The number of thiocarbonyl (C=S) groups is 1. The number of allylic oxidation sites excluding steroid dienone is 3. The van der Waals surface area contributed by atoms with E-state index in [9.17, 15) is 52.5 Å². The van der Waals surface area contributed by atoms with Gasteiger partial charge in [0.25, 0.3) is 0 Å². The van der Waals surface area contributed by atoms with Gasteiger partial charge in [-0.2, -0.15) is 4.31 Å². The van der Waals surface area contributed by atoms with Gasteiger partial charge in [-0.05, 0) is 99.1 Å². The molecule has 2 aliphatic heterocycles. The van der Waals surface area contributed by atoms with Crippen molar-refractivity contribution in [3.8, 4) is 11.5 Å². The number of aromatic carboxylic acids is 1. The number of phenols is 1. The van der Waals surface area contributed by atoms with Gasteiger partial charge in [-0.25, -0.2) is 18.0 Å². The second kappa shape index (κ2) is 23.8. The van der Waals surface area contributed by atoms with Crippen LogP contribution < -0.4 is 42.8 Å². The van der Waals surface area contributed by atoms with Crippen molar-refractivity contribution in [2.24, 2.45) is 22.4 Å². The van der Waals surface area contributed by atoms with Gasteiger partial charge in [-0.1, -0.05) is 36.4 Å². The second-order valence-corrected chi connectivity index (χ2v) is 19.0. The molecule has 1 aliphatic carbocycles. The topological polar surface area (TPSA) is 334 Å². The average molecular weight is 1000 g/mol. The number of aliphatic imine (C=N–C) groups is 1. The Balaban J connectivity index is 1.05. The van der Waals surface area contributed by atoms with Crippen LogP contribution in [0.25, 0.3) is 0 Å². The number of fused-ring (bicyclic) bond motifs is 2. The Morgan fingerprint density at radius 1 is 0.914 bits per heavy atom. The summed E-state index contributed by atoms with van der Waals surface area (Å²) in [4.78, 5) is 81.1. The van der Waals surface area contributed by atoms with E-state index in [0.29, 0.717) is 73.5 Å². The van der Waals surface area contributed by atoms with Gasteiger partial charge in [0.05, 0.1) is 10.5 Å². The van der Waals surface area contributed by atoms with Crippen LogP contribution in [0.2, 0.25) is 0 Å². The maximum absolute atomic E-state index is 13.6. The number of carbonyl (C=O) groups is 6. The molecule has 0 bridgehead atoms. The number of ketones is 1. The molecule has 3 amide bonds. The number of anilines is 1. The molecule has 3 aliphatic rings. The number of rotatable bonds is 22. The molecule has 6 rings (SSSR count). The molecule has 5 atom stereocenters. The van der Waals surface area contributed by atoms with Gasteiger partial charge in [0.1, 0.15) is 35.4 Å². The highest BCUT2D eigenvalue weighted by molar-refractivity contribution is 7.89. The van der Waals surface area contributed by atoms with E-state index < -0.39 is 76.2 Å². The molecule has 0 aromatic heterocycles. The number of sulfonamides is 1. The maximum atomic E-state index is 13.6. The number of carboxylic acid groups (broad SMARTS) is 2. The van der Waals surface area contributed by atoms with Crippen molar-refractivity contribution in [3.05, 3.63) is 107 Å². The van der Waals surface area contributed by atoms with Gasteiger partial charge in [-0.15, -0.1) is 0 Å². The SMILES string of the molecule is NC(N)=NCCCCC(=O)NC(CCCCNC(=S)Nc1ccc(C2c3ccc(O)cc3OC3=CC(=O)C=CC32)c(C(=O)O)c1)C(=O)NCC(NC(=O)C1CCCN1S(=O)(=O)c1ccccc1)C(=O)O. The van der Waals surface area contributed by atoms with Crippen molar-refractivity contribution in [3.63, 3.8) is 0 Å². The van der Waals surface area contributed by atoms with Crippen molar-refractivity contribution in [1.29, 1.82) is 0 Å².